The van der Waals surface area contributed by atoms with Crippen molar-refractivity contribution in [2.75, 3.05) is 7.11 Å². The molecule has 1 atom stereocenters. The number of furan rings is 1. The monoisotopic (exact) mass is 357 g/mol. The molecule has 0 aliphatic carbocycles. The molecule has 7 nitrogen and oxygen atoms in total. The Hall–Kier alpha value is -3.22. The van der Waals surface area contributed by atoms with Crippen molar-refractivity contribution in [3.63, 3.8) is 0 Å². The molecular formula is C19H19NO6. The van der Waals surface area contributed by atoms with Crippen LogP contribution in [0.3, 0.4) is 0 Å². The number of esters is 2. The maximum atomic E-state index is 12.1. The second kappa shape index (κ2) is 7.35. The Morgan fingerprint density at radius 1 is 1.27 bits per heavy atom. The SMILES string of the molecule is COC(=O)[C@H](C)CC(=O)Oc1cn(Cc2ccccc2)c2occ(O)c12. The van der Waals surface area contributed by atoms with E-state index in [1.165, 1.54) is 13.4 Å². The van der Waals surface area contributed by atoms with Crippen molar-refractivity contribution in [2.24, 2.45) is 5.92 Å². The van der Waals surface area contributed by atoms with Gasteiger partial charge in [0.25, 0.3) is 0 Å². The molecule has 0 unspecified atom stereocenters. The van der Waals surface area contributed by atoms with Crippen LogP contribution in [0.5, 0.6) is 11.5 Å². The highest BCUT2D eigenvalue weighted by molar-refractivity contribution is 5.91. The Balaban J connectivity index is 1.83. The first-order chi connectivity index (χ1) is 12.5. The molecular weight excluding hydrogens is 338 g/mol. The number of ether oxygens (including phenoxy) is 2. The first-order valence-corrected chi connectivity index (χ1v) is 8.11. The summed E-state index contributed by atoms with van der Waals surface area (Å²) in [4.78, 5) is 23.6. The molecule has 136 valence electrons. The number of hydrogen-bond donors (Lipinski definition) is 1. The zero-order valence-electron chi connectivity index (χ0n) is 14.5. The van der Waals surface area contributed by atoms with Crippen molar-refractivity contribution in [3.8, 4) is 11.5 Å². The van der Waals surface area contributed by atoms with Crippen molar-refractivity contribution in [1.82, 2.24) is 4.57 Å². The smallest absolute Gasteiger partial charge is 0.312 e. The third kappa shape index (κ3) is 3.56. The molecule has 0 amide bonds. The molecule has 2 heterocycles. The standard InChI is InChI=1S/C19H19NO6/c1-12(19(23)24-2)8-16(22)26-15-10-20(9-13-6-4-3-5-7-13)18-17(15)14(21)11-25-18/h3-7,10-12,21H,8-9H2,1-2H3/t12-/m1/s1. The molecule has 0 aliphatic heterocycles. The molecule has 0 bridgehead atoms. The van der Waals surface area contributed by atoms with Gasteiger partial charge in [0.2, 0.25) is 5.71 Å². The number of aromatic hydroxyl groups is 1. The summed E-state index contributed by atoms with van der Waals surface area (Å²) >= 11 is 0. The number of hydrogen-bond acceptors (Lipinski definition) is 6. The van der Waals surface area contributed by atoms with Gasteiger partial charge in [-0.3, -0.25) is 9.59 Å². The highest BCUT2D eigenvalue weighted by atomic mass is 16.5. The van der Waals surface area contributed by atoms with Crippen LogP contribution >= 0.6 is 0 Å². The Bertz CT molecular complexity index is 924. The highest BCUT2D eigenvalue weighted by Crippen LogP contribution is 2.37. The summed E-state index contributed by atoms with van der Waals surface area (Å²) in [5.41, 5.74) is 1.42. The van der Waals surface area contributed by atoms with Gasteiger partial charge in [-0.2, -0.15) is 0 Å². The van der Waals surface area contributed by atoms with Gasteiger partial charge in [0.15, 0.2) is 11.5 Å². The molecule has 2 aromatic heterocycles. The summed E-state index contributed by atoms with van der Waals surface area (Å²) < 4.78 is 17.1. The van der Waals surface area contributed by atoms with E-state index in [2.05, 4.69) is 4.74 Å². The quantitative estimate of drug-likeness (QED) is 0.682. The van der Waals surface area contributed by atoms with Crippen molar-refractivity contribution in [1.29, 1.82) is 0 Å². The number of aromatic nitrogens is 1. The normalized spacial score (nSPS) is 12.1. The summed E-state index contributed by atoms with van der Waals surface area (Å²) in [6, 6.07) is 9.68. The fraction of sp³-hybridized carbons (Fsp3) is 0.263. The number of nitrogens with zero attached hydrogens (tertiary/aromatic N) is 1. The highest BCUT2D eigenvalue weighted by Gasteiger charge is 2.23. The van der Waals surface area contributed by atoms with Crippen LogP contribution in [0.15, 0.2) is 47.2 Å². The first kappa shape index (κ1) is 17.6. The van der Waals surface area contributed by atoms with Gasteiger partial charge in [-0.15, -0.1) is 0 Å². The van der Waals surface area contributed by atoms with Crippen molar-refractivity contribution < 1.29 is 28.6 Å². The number of carbonyl (C=O) groups is 2. The van der Waals surface area contributed by atoms with E-state index in [4.69, 9.17) is 9.15 Å². The number of benzene rings is 1. The van der Waals surface area contributed by atoms with Crippen LogP contribution in [0.2, 0.25) is 0 Å². The van der Waals surface area contributed by atoms with Crippen LogP contribution in [0.25, 0.3) is 11.1 Å². The minimum atomic E-state index is -0.618. The Labute approximate surface area is 149 Å². The Morgan fingerprint density at radius 2 is 2.00 bits per heavy atom. The van der Waals surface area contributed by atoms with Gasteiger partial charge >= 0.3 is 11.9 Å². The lowest BCUT2D eigenvalue weighted by molar-refractivity contribution is -0.149. The lowest BCUT2D eigenvalue weighted by atomic mass is 10.1. The fourth-order valence-corrected chi connectivity index (χ4v) is 2.72. The van der Waals surface area contributed by atoms with Gasteiger partial charge in [-0.1, -0.05) is 37.3 Å². The minimum Gasteiger partial charge on any atom is -0.504 e. The lowest BCUT2D eigenvalue weighted by Gasteiger charge is -2.08. The molecule has 0 spiro atoms. The predicted octanol–water partition coefficient (Wildman–Crippen LogP) is 3.09. The lowest BCUT2D eigenvalue weighted by Crippen LogP contribution is -2.19. The van der Waals surface area contributed by atoms with E-state index in [0.717, 1.165) is 5.56 Å². The number of carbonyl (C=O) groups excluding carboxylic acids is 2. The zero-order valence-corrected chi connectivity index (χ0v) is 14.5. The molecule has 0 saturated heterocycles. The first-order valence-electron chi connectivity index (χ1n) is 8.11. The van der Waals surface area contributed by atoms with Crippen LogP contribution in [-0.2, 0) is 20.9 Å². The average Bonchev–Trinajstić information content (AvgIpc) is 3.17. The summed E-state index contributed by atoms with van der Waals surface area (Å²) in [6.45, 7) is 2.07. The minimum absolute atomic E-state index is 0.115. The van der Waals surface area contributed by atoms with E-state index in [1.807, 2.05) is 30.3 Å². The van der Waals surface area contributed by atoms with Gasteiger partial charge < -0.3 is 23.6 Å². The molecule has 0 fully saturated rings. The van der Waals surface area contributed by atoms with Gasteiger partial charge in [0.1, 0.15) is 11.6 Å². The van der Waals surface area contributed by atoms with E-state index in [9.17, 15) is 14.7 Å². The second-order valence-electron chi connectivity index (χ2n) is 6.01. The van der Waals surface area contributed by atoms with Crippen LogP contribution in [0.4, 0.5) is 0 Å². The van der Waals surface area contributed by atoms with Crippen molar-refractivity contribution in [2.45, 2.75) is 19.9 Å². The molecule has 0 aliphatic rings. The van der Waals surface area contributed by atoms with E-state index in [0.29, 0.717) is 17.6 Å². The molecule has 3 aromatic rings. The zero-order chi connectivity index (χ0) is 18.7. The maximum Gasteiger partial charge on any atom is 0.312 e. The van der Waals surface area contributed by atoms with Crippen molar-refractivity contribution in [3.05, 3.63) is 48.4 Å². The molecule has 3 rings (SSSR count). The third-order valence-electron chi connectivity index (χ3n) is 4.03. The largest absolute Gasteiger partial charge is 0.504 e. The number of methoxy groups -OCH3 is 1. The van der Waals surface area contributed by atoms with Gasteiger partial charge in [-0.25, -0.2) is 0 Å². The number of rotatable bonds is 6. The molecule has 1 N–H and O–H groups in total. The summed E-state index contributed by atoms with van der Waals surface area (Å²) in [7, 11) is 1.26. The van der Waals surface area contributed by atoms with Crippen LogP contribution in [0.1, 0.15) is 18.9 Å². The third-order valence-corrected chi connectivity index (χ3v) is 4.03. The van der Waals surface area contributed by atoms with E-state index in [1.54, 1.807) is 17.7 Å². The van der Waals surface area contributed by atoms with Gasteiger partial charge in [0, 0.05) is 0 Å². The molecule has 0 radical (unpaired) electrons. The summed E-state index contributed by atoms with van der Waals surface area (Å²) in [6.07, 6.45) is 2.67. The number of fused-ring (bicyclic) bond motifs is 1. The van der Waals surface area contributed by atoms with Crippen LogP contribution < -0.4 is 4.74 Å². The molecule has 7 heteroatoms. The Morgan fingerprint density at radius 3 is 2.69 bits per heavy atom. The summed E-state index contributed by atoms with van der Waals surface area (Å²) in [5.74, 6) is -1.63. The predicted molar refractivity (Wildman–Crippen MR) is 92.8 cm³/mol. The van der Waals surface area contributed by atoms with Gasteiger partial charge in [0.05, 0.1) is 32.2 Å². The average molecular weight is 357 g/mol. The van der Waals surface area contributed by atoms with E-state index < -0.39 is 17.9 Å². The molecule has 0 saturated carbocycles. The van der Waals surface area contributed by atoms with E-state index >= 15 is 0 Å². The maximum absolute atomic E-state index is 12.1. The fourth-order valence-electron chi connectivity index (χ4n) is 2.72. The van der Waals surface area contributed by atoms with Crippen LogP contribution in [0, 0.1) is 5.92 Å². The molecule has 26 heavy (non-hydrogen) atoms. The molecule has 1 aromatic carbocycles. The van der Waals surface area contributed by atoms with Crippen molar-refractivity contribution >= 4 is 23.0 Å². The topological polar surface area (TPSA) is 90.9 Å². The van der Waals surface area contributed by atoms with E-state index in [-0.39, 0.29) is 17.9 Å². The van der Waals surface area contributed by atoms with Crippen LogP contribution in [-0.4, -0.2) is 28.7 Å². The summed E-state index contributed by atoms with van der Waals surface area (Å²) in [5, 5.41) is 10.3. The second-order valence-corrected chi connectivity index (χ2v) is 6.01. The van der Waals surface area contributed by atoms with Gasteiger partial charge in [-0.05, 0) is 5.56 Å². The Kier molecular flexibility index (Phi) is 4.97.